The van der Waals surface area contributed by atoms with Gasteiger partial charge in [0.25, 0.3) is 0 Å². The Bertz CT molecular complexity index is 453. The third kappa shape index (κ3) is 4.68. The Balaban J connectivity index is 1.41. The first-order valence-corrected chi connectivity index (χ1v) is 9.25. The van der Waals surface area contributed by atoms with Crippen molar-refractivity contribution >= 4 is 11.8 Å². The molecule has 3 N–H and O–H groups in total. The van der Waals surface area contributed by atoms with Crippen LogP contribution in [0.3, 0.4) is 0 Å². The van der Waals surface area contributed by atoms with Crippen molar-refractivity contribution in [3.05, 3.63) is 0 Å². The highest BCUT2D eigenvalue weighted by Gasteiger charge is 2.33. The quantitative estimate of drug-likeness (QED) is 0.709. The Hall–Kier alpha value is -1.18. The van der Waals surface area contributed by atoms with E-state index in [0.29, 0.717) is 13.0 Å². The molecule has 0 aromatic rings. The molecule has 3 rings (SSSR count). The predicted molar refractivity (Wildman–Crippen MR) is 90.3 cm³/mol. The molecule has 1 saturated carbocycles. The lowest BCUT2D eigenvalue weighted by atomic mass is 9.85. The number of morpholine rings is 1. The van der Waals surface area contributed by atoms with Crippen LogP contribution in [-0.2, 0) is 14.3 Å². The molecule has 7 heteroatoms. The van der Waals surface area contributed by atoms with Crippen LogP contribution < -0.4 is 11.1 Å². The zero-order valence-electron chi connectivity index (χ0n) is 14.4. The Kier molecular flexibility index (Phi) is 6.08. The molecule has 0 bridgehead atoms. The highest BCUT2D eigenvalue weighted by Crippen LogP contribution is 2.24. The van der Waals surface area contributed by atoms with Gasteiger partial charge in [-0.05, 0) is 19.3 Å². The number of nitrogens with one attached hydrogen (secondary N) is 1. The summed E-state index contributed by atoms with van der Waals surface area (Å²) in [5.74, 6) is 0.248. The third-order valence-corrected chi connectivity index (χ3v) is 5.44. The maximum Gasteiger partial charge on any atom is 0.224 e. The second kappa shape index (κ2) is 8.27. The van der Waals surface area contributed by atoms with Gasteiger partial charge in [-0.2, -0.15) is 0 Å². The lowest BCUT2D eigenvalue weighted by molar-refractivity contribution is -0.128. The minimum atomic E-state index is -0.0483. The number of hydrogen-bond donors (Lipinski definition) is 2. The molecule has 2 saturated heterocycles. The fourth-order valence-corrected chi connectivity index (χ4v) is 3.96. The van der Waals surface area contributed by atoms with Crippen LogP contribution in [0.5, 0.6) is 0 Å². The number of amides is 2. The van der Waals surface area contributed by atoms with E-state index in [-0.39, 0.29) is 29.8 Å². The number of nitrogens with zero attached hydrogens (tertiary/aromatic N) is 2. The SMILES string of the molecule is NC1CCCC(C(=O)NC2CC(=O)N(CCN3CCOCC3)C2)C1. The number of rotatable bonds is 5. The molecule has 7 nitrogen and oxygen atoms in total. The highest BCUT2D eigenvalue weighted by molar-refractivity contribution is 5.83. The molecule has 24 heavy (non-hydrogen) atoms. The molecular formula is C17H30N4O3. The Morgan fingerprint density at radius 1 is 1.25 bits per heavy atom. The van der Waals surface area contributed by atoms with Gasteiger partial charge < -0.3 is 20.7 Å². The van der Waals surface area contributed by atoms with Crippen molar-refractivity contribution in [3.63, 3.8) is 0 Å². The number of nitrogens with two attached hydrogens (primary N) is 1. The maximum absolute atomic E-state index is 12.4. The molecule has 3 fully saturated rings. The van der Waals surface area contributed by atoms with Gasteiger partial charge in [-0.3, -0.25) is 14.5 Å². The molecule has 3 aliphatic rings. The van der Waals surface area contributed by atoms with E-state index in [9.17, 15) is 9.59 Å². The Labute approximate surface area is 143 Å². The van der Waals surface area contributed by atoms with Crippen LogP contribution >= 0.6 is 0 Å². The van der Waals surface area contributed by atoms with E-state index in [2.05, 4.69) is 10.2 Å². The molecule has 2 aliphatic heterocycles. The number of likely N-dealkylation sites (tertiary alicyclic amines) is 1. The Morgan fingerprint density at radius 3 is 2.79 bits per heavy atom. The second-order valence-corrected chi connectivity index (χ2v) is 7.33. The largest absolute Gasteiger partial charge is 0.379 e. The van der Waals surface area contributed by atoms with Gasteiger partial charge in [-0.25, -0.2) is 0 Å². The molecule has 0 aromatic heterocycles. The first-order valence-electron chi connectivity index (χ1n) is 9.25. The minimum absolute atomic E-state index is 0.0197. The van der Waals surface area contributed by atoms with E-state index < -0.39 is 0 Å². The zero-order valence-corrected chi connectivity index (χ0v) is 14.4. The number of hydrogen-bond acceptors (Lipinski definition) is 5. The summed E-state index contributed by atoms with van der Waals surface area (Å²) in [6.45, 7) is 5.67. The first kappa shape index (κ1) is 17.6. The van der Waals surface area contributed by atoms with E-state index in [1.807, 2.05) is 4.90 Å². The fraction of sp³-hybridized carbons (Fsp3) is 0.882. The van der Waals surface area contributed by atoms with Crippen LogP contribution in [0, 0.1) is 5.92 Å². The van der Waals surface area contributed by atoms with Crippen LogP contribution in [0.1, 0.15) is 32.1 Å². The third-order valence-electron chi connectivity index (χ3n) is 5.44. The van der Waals surface area contributed by atoms with Gasteiger partial charge in [-0.1, -0.05) is 6.42 Å². The smallest absolute Gasteiger partial charge is 0.224 e. The van der Waals surface area contributed by atoms with E-state index in [0.717, 1.165) is 65.1 Å². The topological polar surface area (TPSA) is 87.9 Å². The average Bonchev–Trinajstić information content (AvgIpc) is 2.93. The van der Waals surface area contributed by atoms with Crippen molar-refractivity contribution in [2.45, 2.75) is 44.2 Å². The van der Waals surface area contributed by atoms with Gasteiger partial charge in [0.15, 0.2) is 0 Å². The molecule has 3 atom stereocenters. The molecule has 0 radical (unpaired) electrons. The van der Waals surface area contributed by atoms with Gasteiger partial charge in [0.1, 0.15) is 0 Å². The summed E-state index contributed by atoms with van der Waals surface area (Å²) in [4.78, 5) is 28.8. The molecular weight excluding hydrogens is 308 g/mol. The highest BCUT2D eigenvalue weighted by atomic mass is 16.5. The van der Waals surface area contributed by atoms with Gasteiger partial charge >= 0.3 is 0 Å². The van der Waals surface area contributed by atoms with Gasteiger partial charge in [0.2, 0.25) is 11.8 Å². The fourth-order valence-electron chi connectivity index (χ4n) is 3.96. The number of ether oxygens (including phenoxy) is 1. The normalized spacial score (nSPS) is 32.1. The lowest BCUT2D eigenvalue weighted by Crippen LogP contribution is -2.44. The van der Waals surface area contributed by atoms with Crippen molar-refractivity contribution < 1.29 is 14.3 Å². The standard InChI is InChI=1S/C17H30N4O3/c18-14-3-1-2-13(10-14)17(23)19-15-11-16(22)21(12-15)5-4-20-6-8-24-9-7-20/h13-15H,1-12,18H2,(H,19,23). The second-order valence-electron chi connectivity index (χ2n) is 7.33. The predicted octanol–water partition coefficient (Wildman–Crippen LogP) is -0.447. The Morgan fingerprint density at radius 2 is 2.04 bits per heavy atom. The summed E-state index contributed by atoms with van der Waals surface area (Å²) < 4.78 is 5.34. The first-order chi connectivity index (χ1) is 11.6. The van der Waals surface area contributed by atoms with Crippen LogP contribution in [0.4, 0.5) is 0 Å². The summed E-state index contributed by atoms with van der Waals surface area (Å²) in [6, 6.07) is 0.0950. The van der Waals surface area contributed by atoms with Crippen LogP contribution in [0.15, 0.2) is 0 Å². The van der Waals surface area contributed by atoms with Crippen LogP contribution in [0.25, 0.3) is 0 Å². The number of carbonyl (C=O) groups excluding carboxylic acids is 2. The van der Waals surface area contributed by atoms with Crippen molar-refractivity contribution in [3.8, 4) is 0 Å². The number of carbonyl (C=O) groups is 2. The maximum atomic E-state index is 12.4. The summed E-state index contributed by atoms with van der Waals surface area (Å²) in [7, 11) is 0. The summed E-state index contributed by atoms with van der Waals surface area (Å²) in [5, 5.41) is 3.08. The molecule has 2 heterocycles. The van der Waals surface area contributed by atoms with E-state index in [1.165, 1.54) is 0 Å². The van der Waals surface area contributed by atoms with Gasteiger partial charge in [0.05, 0.1) is 19.3 Å². The van der Waals surface area contributed by atoms with Gasteiger partial charge in [-0.15, -0.1) is 0 Å². The van der Waals surface area contributed by atoms with Crippen molar-refractivity contribution in [2.75, 3.05) is 45.9 Å². The van der Waals surface area contributed by atoms with Crippen molar-refractivity contribution in [1.82, 2.24) is 15.1 Å². The molecule has 2 amide bonds. The minimum Gasteiger partial charge on any atom is -0.379 e. The molecule has 1 aliphatic carbocycles. The lowest BCUT2D eigenvalue weighted by Gasteiger charge is -2.29. The zero-order chi connectivity index (χ0) is 16.9. The molecule has 136 valence electrons. The van der Waals surface area contributed by atoms with Crippen molar-refractivity contribution in [1.29, 1.82) is 0 Å². The van der Waals surface area contributed by atoms with E-state index in [1.54, 1.807) is 0 Å². The molecule has 3 unspecified atom stereocenters. The molecule has 0 spiro atoms. The monoisotopic (exact) mass is 338 g/mol. The van der Waals surface area contributed by atoms with E-state index >= 15 is 0 Å². The molecule has 0 aromatic carbocycles. The van der Waals surface area contributed by atoms with E-state index in [4.69, 9.17) is 10.5 Å². The average molecular weight is 338 g/mol. The van der Waals surface area contributed by atoms with Crippen LogP contribution in [-0.4, -0.2) is 79.6 Å². The van der Waals surface area contributed by atoms with Gasteiger partial charge in [0, 0.05) is 51.1 Å². The van der Waals surface area contributed by atoms with Crippen molar-refractivity contribution in [2.24, 2.45) is 11.7 Å². The summed E-state index contributed by atoms with van der Waals surface area (Å²) >= 11 is 0. The summed E-state index contributed by atoms with van der Waals surface area (Å²) in [5.41, 5.74) is 5.97. The summed E-state index contributed by atoms with van der Waals surface area (Å²) in [6.07, 6.45) is 4.15. The van der Waals surface area contributed by atoms with Crippen LogP contribution in [0.2, 0.25) is 0 Å².